The minimum Gasteiger partial charge on any atom is -0.480 e. The second-order valence-electron chi connectivity index (χ2n) is 4.70. The average molecular weight is 282 g/mol. The van der Waals surface area contributed by atoms with Crippen molar-refractivity contribution in [1.29, 1.82) is 0 Å². The van der Waals surface area contributed by atoms with Crippen molar-refractivity contribution in [1.82, 2.24) is 9.80 Å². The van der Waals surface area contributed by atoms with E-state index in [1.165, 1.54) is 11.9 Å². The molecule has 0 radical (unpaired) electrons. The van der Waals surface area contributed by atoms with Gasteiger partial charge in [-0.2, -0.15) is 13.2 Å². The Balaban J connectivity index is 2.71. The quantitative estimate of drug-likeness (QED) is 0.857. The predicted molar refractivity (Wildman–Crippen MR) is 60.7 cm³/mol. The zero-order valence-electron chi connectivity index (χ0n) is 10.6. The van der Waals surface area contributed by atoms with Gasteiger partial charge in [0.2, 0.25) is 0 Å². The molecule has 0 atom stereocenters. The fraction of sp³-hybridized carbons (Fsp3) is 0.818. The number of carboxylic acid groups (broad SMARTS) is 1. The third-order valence-electron chi connectivity index (χ3n) is 3.14. The summed E-state index contributed by atoms with van der Waals surface area (Å²) in [7, 11) is 1.42. The first-order valence-electron chi connectivity index (χ1n) is 6.01. The summed E-state index contributed by atoms with van der Waals surface area (Å²) >= 11 is 0. The number of amides is 2. The molecule has 0 heterocycles. The van der Waals surface area contributed by atoms with Gasteiger partial charge in [0.25, 0.3) is 0 Å². The summed E-state index contributed by atoms with van der Waals surface area (Å²) in [5, 5.41) is 8.60. The minimum absolute atomic E-state index is 0.1000. The Morgan fingerprint density at radius 3 is 2.21 bits per heavy atom. The highest BCUT2D eigenvalue weighted by atomic mass is 19.4. The van der Waals surface area contributed by atoms with E-state index in [9.17, 15) is 22.8 Å². The van der Waals surface area contributed by atoms with Crippen LogP contribution in [-0.4, -0.2) is 59.3 Å². The fourth-order valence-corrected chi connectivity index (χ4v) is 2.24. The molecule has 2 amide bonds. The maximum Gasteiger partial charge on any atom is 0.406 e. The van der Waals surface area contributed by atoms with Crippen molar-refractivity contribution < 1.29 is 27.9 Å². The number of carbonyl (C=O) groups is 2. The molecule has 110 valence electrons. The first-order valence-corrected chi connectivity index (χ1v) is 6.01. The maximum atomic E-state index is 12.4. The van der Waals surface area contributed by atoms with E-state index in [-0.39, 0.29) is 6.04 Å². The van der Waals surface area contributed by atoms with E-state index >= 15 is 0 Å². The van der Waals surface area contributed by atoms with Crippen LogP contribution in [0, 0.1) is 0 Å². The van der Waals surface area contributed by atoms with Gasteiger partial charge in [0.15, 0.2) is 0 Å². The van der Waals surface area contributed by atoms with Crippen molar-refractivity contribution in [3.05, 3.63) is 0 Å². The number of halogens is 3. The number of hydrogen-bond donors (Lipinski definition) is 1. The molecular formula is C11H17F3N2O3. The third kappa shape index (κ3) is 4.96. The Hall–Kier alpha value is -1.47. The summed E-state index contributed by atoms with van der Waals surface area (Å²) in [5.41, 5.74) is 0. The Bertz CT molecular complexity index is 341. The first-order chi connectivity index (χ1) is 8.70. The summed E-state index contributed by atoms with van der Waals surface area (Å²) in [6.45, 7) is -2.50. The van der Waals surface area contributed by atoms with Gasteiger partial charge in [-0.25, -0.2) is 4.79 Å². The summed E-state index contributed by atoms with van der Waals surface area (Å²) in [5.74, 6) is -1.46. The molecule has 5 nitrogen and oxygen atoms in total. The highest BCUT2D eigenvalue weighted by Gasteiger charge is 2.36. The molecule has 19 heavy (non-hydrogen) atoms. The van der Waals surface area contributed by atoms with Gasteiger partial charge in [-0.15, -0.1) is 0 Å². The number of nitrogens with zero attached hydrogens (tertiary/aromatic N) is 2. The monoisotopic (exact) mass is 282 g/mol. The van der Waals surface area contributed by atoms with Crippen LogP contribution in [0.1, 0.15) is 25.7 Å². The van der Waals surface area contributed by atoms with Gasteiger partial charge in [0.05, 0.1) is 0 Å². The normalized spacial score (nSPS) is 16.4. The number of alkyl halides is 3. The van der Waals surface area contributed by atoms with Gasteiger partial charge >= 0.3 is 18.2 Å². The van der Waals surface area contributed by atoms with Crippen LogP contribution in [0.3, 0.4) is 0 Å². The molecule has 1 N–H and O–H groups in total. The smallest absolute Gasteiger partial charge is 0.406 e. The Morgan fingerprint density at radius 2 is 1.79 bits per heavy atom. The molecule has 0 aromatic carbocycles. The second-order valence-corrected chi connectivity index (χ2v) is 4.70. The van der Waals surface area contributed by atoms with Gasteiger partial charge in [-0.1, -0.05) is 12.8 Å². The number of rotatable bonds is 4. The lowest BCUT2D eigenvalue weighted by molar-refractivity contribution is -0.149. The van der Waals surface area contributed by atoms with Crippen molar-refractivity contribution in [2.24, 2.45) is 0 Å². The van der Waals surface area contributed by atoms with Gasteiger partial charge in [0.1, 0.15) is 13.1 Å². The number of carbonyl (C=O) groups excluding carboxylic acids is 1. The molecule has 0 aromatic rings. The first kappa shape index (κ1) is 15.6. The van der Waals surface area contributed by atoms with Crippen LogP contribution in [0.2, 0.25) is 0 Å². The minimum atomic E-state index is -4.61. The van der Waals surface area contributed by atoms with Crippen LogP contribution < -0.4 is 0 Å². The van der Waals surface area contributed by atoms with Crippen molar-refractivity contribution >= 4 is 12.0 Å². The standard InChI is InChI=1S/C11H17F3N2O3/c1-15(8-4-2-3-5-8)10(19)16(6-9(17)18)7-11(12,13)14/h8H,2-7H2,1H3,(H,17,18). The van der Waals surface area contributed by atoms with E-state index in [0.29, 0.717) is 4.90 Å². The van der Waals surface area contributed by atoms with E-state index in [1.807, 2.05) is 0 Å². The van der Waals surface area contributed by atoms with Crippen LogP contribution in [0.4, 0.5) is 18.0 Å². The lowest BCUT2D eigenvalue weighted by Gasteiger charge is -2.31. The third-order valence-corrected chi connectivity index (χ3v) is 3.14. The molecular weight excluding hydrogens is 265 g/mol. The Labute approximate surface area is 109 Å². The molecule has 0 bridgehead atoms. The van der Waals surface area contributed by atoms with E-state index in [0.717, 1.165) is 25.7 Å². The van der Waals surface area contributed by atoms with Crippen molar-refractivity contribution in [2.75, 3.05) is 20.1 Å². The summed E-state index contributed by atoms with van der Waals surface area (Å²) in [6.07, 6.45) is -1.26. The Kier molecular flexibility index (Phi) is 5.02. The number of aliphatic carboxylic acids is 1. The SMILES string of the molecule is CN(C(=O)N(CC(=O)O)CC(F)(F)F)C1CCCC1. The molecule has 0 spiro atoms. The average Bonchev–Trinajstić information content (AvgIpc) is 2.76. The lowest BCUT2D eigenvalue weighted by atomic mass is 10.2. The van der Waals surface area contributed by atoms with Gasteiger partial charge in [0, 0.05) is 13.1 Å². The zero-order chi connectivity index (χ0) is 14.6. The molecule has 0 aromatic heterocycles. The van der Waals surface area contributed by atoms with Crippen LogP contribution in [0.5, 0.6) is 0 Å². The molecule has 1 fully saturated rings. The maximum absolute atomic E-state index is 12.4. The molecule has 1 rings (SSSR count). The highest BCUT2D eigenvalue weighted by molar-refractivity contribution is 5.80. The summed E-state index contributed by atoms with van der Waals surface area (Å²) in [6, 6.07) is -0.983. The summed E-state index contributed by atoms with van der Waals surface area (Å²) in [4.78, 5) is 24.0. The Morgan fingerprint density at radius 1 is 1.26 bits per heavy atom. The van der Waals surface area contributed by atoms with E-state index in [2.05, 4.69) is 0 Å². The van der Waals surface area contributed by atoms with E-state index in [1.54, 1.807) is 0 Å². The van der Waals surface area contributed by atoms with Crippen LogP contribution >= 0.6 is 0 Å². The molecule has 0 unspecified atom stereocenters. The van der Waals surface area contributed by atoms with E-state index in [4.69, 9.17) is 5.11 Å². The predicted octanol–water partition coefficient (Wildman–Crippen LogP) is 1.93. The molecule has 1 aliphatic carbocycles. The highest BCUT2D eigenvalue weighted by Crippen LogP contribution is 2.24. The lowest BCUT2D eigenvalue weighted by Crippen LogP contribution is -2.50. The fourth-order valence-electron chi connectivity index (χ4n) is 2.24. The number of urea groups is 1. The topological polar surface area (TPSA) is 60.9 Å². The molecule has 8 heteroatoms. The van der Waals surface area contributed by atoms with Crippen LogP contribution in [-0.2, 0) is 4.79 Å². The number of carboxylic acids is 1. The van der Waals surface area contributed by atoms with Gasteiger partial charge in [-0.3, -0.25) is 4.79 Å². The molecule has 1 aliphatic rings. The molecule has 0 aliphatic heterocycles. The molecule has 1 saturated carbocycles. The zero-order valence-corrected chi connectivity index (χ0v) is 10.6. The van der Waals surface area contributed by atoms with E-state index < -0.39 is 31.3 Å². The van der Waals surface area contributed by atoms with Crippen LogP contribution in [0.25, 0.3) is 0 Å². The summed E-state index contributed by atoms with van der Waals surface area (Å²) < 4.78 is 37.1. The number of hydrogen-bond acceptors (Lipinski definition) is 2. The van der Waals surface area contributed by atoms with Crippen LogP contribution in [0.15, 0.2) is 0 Å². The van der Waals surface area contributed by atoms with Crippen molar-refractivity contribution in [2.45, 2.75) is 37.9 Å². The van der Waals surface area contributed by atoms with Crippen molar-refractivity contribution in [3.63, 3.8) is 0 Å². The largest absolute Gasteiger partial charge is 0.480 e. The van der Waals surface area contributed by atoms with Gasteiger partial charge in [-0.05, 0) is 12.8 Å². The molecule has 0 saturated heterocycles. The van der Waals surface area contributed by atoms with Gasteiger partial charge < -0.3 is 14.9 Å². The second kappa shape index (κ2) is 6.12. The van der Waals surface area contributed by atoms with Crippen molar-refractivity contribution in [3.8, 4) is 0 Å².